The second-order valence-electron chi connectivity index (χ2n) is 3.13. The fourth-order valence-electron chi connectivity index (χ4n) is 1.23. The molecule has 0 atom stereocenters. The third kappa shape index (κ3) is 3.99. The lowest BCUT2D eigenvalue weighted by Crippen LogP contribution is -1.92. The zero-order valence-corrected chi connectivity index (χ0v) is 10.8. The lowest BCUT2D eigenvalue weighted by Gasteiger charge is -2.16. The van der Waals surface area contributed by atoms with E-state index < -0.39 is 0 Å². The number of hydrogen-bond donors (Lipinski definition) is 1. The molecule has 1 aromatic rings. The Kier molecular flexibility index (Phi) is 6.19. The summed E-state index contributed by atoms with van der Waals surface area (Å²) in [4.78, 5) is 0. The molecule has 0 aliphatic carbocycles. The van der Waals surface area contributed by atoms with Crippen molar-refractivity contribution in [1.29, 1.82) is 0 Å². The van der Waals surface area contributed by atoms with Gasteiger partial charge in [0.25, 0.3) is 0 Å². The van der Waals surface area contributed by atoms with Crippen molar-refractivity contribution >= 4 is 23.5 Å². The summed E-state index contributed by atoms with van der Waals surface area (Å²) in [7, 11) is 0. The van der Waals surface area contributed by atoms with Gasteiger partial charge in [-0.2, -0.15) is 0 Å². The molecule has 0 heterocycles. The van der Waals surface area contributed by atoms with Crippen molar-refractivity contribution in [3.63, 3.8) is 0 Å². The molecule has 0 unspecified atom stereocenters. The average Bonchev–Trinajstić information content (AvgIpc) is 2.31. The van der Waals surface area contributed by atoms with E-state index in [4.69, 9.17) is 0 Å². The molecule has 0 radical (unpaired) electrons. The molecular formula is C13H16OS2. The van der Waals surface area contributed by atoms with Crippen LogP contribution in [0.1, 0.15) is 10.1 Å². The van der Waals surface area contributed by atoms with Crippen molar-refractivity contribution in [2.24, 2.45) is 0 Å². The zero-order chi connectivity index (χ0) is 11.8. The van der Waals surface area contributed by atoms with Gasteiger partial charge in [0.15, 0.2) is 0 Å². The highest BCUT2D eigenvalue weighted by Gasteiger charge is 2.14. The summed E-state index contributed by atoms with van der Waals surface area (Å²) in [6.45, 7) is 7.43. The van der Waals surface area contributed by atoms with Crippen LogP contribution in [0.5, 0.6) is 5.75 Å². The maximum Gasteiger partial charge on any atom is 0.120 e. The van der Waals surface area contributed by atoms with Crippen molar-refractivity contribution in [1.82, 2.24) is 0 Å². The molecule has 1 nitrogen and oxygen atoms in total. The number of aromatic hydroxyl groups is 1. The van der Waals surface area contributed by atoms with Gasteiger partial charge in [0.2, 0.25) is 0 Å². The number of hydrogen-bond acceptors (Lipinski definition) is 3. The second kappa shape index (κ2) is 7.47. The highest BCUT2D eigenvalue weighted by molar-refractivity contribution is 8.16. The first-order chi connectivity index (χ1) is 7.79. The Balaban J connectivity index is 2.77. The summed E-state index contributed by atoms with van der Waals surface area (Å²) in [6.07, 6.45) is 3.76. The molecular weight excluding hydrogens is 236 g/mol. The quantitative estimate of drug-likeness (QED) is 0.579. The van der Waals surface area contributed by atoms with E-state index in [0.29, 0.717) is 5.75 Å². The lowest BCUT2D eigenvalue weighted by molar-refractivity contribution is 0.470. The smallest absolute Gasteiger partial charge is 0.120 e. The van der Waals surface area contributed by atoms with Crippen LogP contribution in [0.3, 0.4) is 0 Å². The molecule has 1 N–H and O–H groups in total. The van der Waals surface area contributed by atoms with Crippen molar-refractivity contribution in [2.75, 3.05) is 11.5 Å². The number of para-hydroxylation sites is 1. The van der Waals surface area contributed by atoms with Gasteiger partial charge >= 0.3 is 0 Å². The van der Waals surface area contributed by atoms with E-state index in [1.165, 1.54) is 0 Å². The number of thioether (sulfide) groups is 2. The van der Waals surface area contributed by atoms with Gasteiger partial charge in [-0.15, -0.1) is 36.7 Å². The lowest BCUT2D eigenvalue weighted by atomic mass is 10.2. The normalized spacial score (nSPS) is 10.3. The van der Waals surface area contributed by atoms with Crippen LogP contribution < -0.4 is 0 Å². The van der Waals surface area contributed by atoms with Crippen LogP contribution in [0.25, 0.3) is 0 Å². The largest absolute Gasteiger partial charge is 0.508 e. The van der Waals surface area contributed by atoms with Gasteiger partial charge in [-0.25, -0.2) is 0 Å². The Morgan fingerprint density at radius 1 is 1.12 bits per heavy atom. The molecule has 1 rings (SSSR count). The van der Waals surface area contributed by atoms with Crippen LogP contribution in [0.15, 0.2) is 49.6 Å². The van der Waals surface area contributed by atoms with Gasteiger partial charge < -0.3 is 5.11 Å². The fraction of sp³-hybridized carbons (Fsp3) is 0.231. The van der Waals surface area contributed by atoms with E-state index in [0.717, 1.165) is 17.1 Å². The number of benzene rings is 1. The van der Waals surface area contributed by atoms with Gasteiger partial charge in [0.1, 0.15) is 5.75 Å². The molecule has 0 aromatic heterocycles. The highest BCUT2D eigenvalue weighted by atomic mass is 32.2. The highest BCUT2D eigenvalue weighted by Crippen LogP contribution is 2.42. The van der Waals surface area contributed by atoms with E-state index >= 15 is 0 Å². The zero-order valence-electron chi connectivity index (χ0n) is 9.13. The first-order valence-corrected chi connectivity index (χ1v) is 7.12. The number of phenolic OH excluding ortho intramolecular Hbond substituents is 1. The second-order valence-corrected chi connectivity index (χ2v) is 5.71. The molecule has 1 aromatic carbocycles. The van der Waals surface area contributed by atoms with Crippen LogP contribution in [-0.4, -0.2) is 16.6 Å². The predicted octanol–water partition coefficient (Wildman–Crippen LogP) is 4.23. The molecule has 0 fully saturated rings. The van der Waals surface area contributed by atoms with E-state index in [-0.39, 0.29) is 4.58 Å². The Morgan fingerprint density at radius 3 is 2.19 bits per heavy atom. The standard InChI is InChI=1S/C13H16OS2/c1-3-9-15-13(16-10-4-2)11-7-5-6-8-12(11)14/h3-8,13-14H,1-2,9-10H2. The molecule has 0 amide bonds. The van der Waals surface area contributed by atoms with Crippen molar-refractivity contribution in [3.05, 3.63) is 55.1 Å². The first-order valence-electron chi connectivity index (χ1n) is 5.02. The maximum absolute atomic E-state index is 9.80. The van der Waals surface area contributed by atoms with E-state index in [9.17, 15) is 5.11 Å². The molecule has 3 heteroatoms. The van der Waals surface area contributed by atoms with Crippen molar-refractivity contribution in [2.45, 2.75) is 4.58 Å². The SMILES string of the molecule is C=CCSC(SCC=C)c1ccccc1O. The topological polar surface area (TPSA) is 20.2 Å². The Morgan fingerprint density at radius 2 is 1.69 bits per heavy atom. The molecule has 16 heavy (non-hydrogen) atoms. The molecule has 86 valence electrons. The minimum absolute atomic E-state index is 0.234. The van der Waals surface area contributed by atoms with Crippen LogP contribution >= 0.6 is 23.5 Å². The summed E-state index contributed by atoms with van der Waals surface area (Å²) in [5.41, 5.74) is 0.973. The van der Waals surface area contributed by atoms with Crippen LogP contribution in [-0.2, 0) is 0 Å². The van der Waals surface area contributed by atoms with E-state index in [2.05, 4.69) is 13.2 Å². The van der Waals surface area contributed by atoms with Crippen LogP contribution in [0.2, 0.25) is 0 Å². The van der Waals surface area contributed by atoms with Crippen LogP contribution in [0, 0.1) is 0 Å². The van der Waals surface area contributed by atoms with Gasteiger partial charge in [-0.1, -0.05) is 30.4 Å². The summed E-state index contributed by atoms with van der Waals surface area (Å²) in [6, 6.07) is 7.48. The molecule has 0 aliphatic heterocycles. The van der Waals surface area contributed by atoms with Gasteiger partial charge in [-0.05, 0) is 6.07 Å². The third-order valence-corrected chi connectivity index (χ3v) is 4.71. The monoisotopic (exact) mass is 252 g/mol. The van der Waals surface area contributed by atoms with Gasteiger partial charge in [-0.3, -0.25) is 0 Å². The third-order valence-electron chi connectivity index (χ3n) is 1.92. The summed E-state index contributed by atoms with van der Waals surface area (Å²) in [5.74, 6) is 2.12. The van der Waals surface area contributed by atoms with Gasteiger partial charge in [0, 0.05) is 17.1 Å². The average molecular weight is 252 g/mol. The molecule has 0 spiro atoms. The van der Waals surface area contributed by atoms with Crippen molar-refractivity contribution in [3.8, 4) is 5.75 Å². The summed E-state index contributed by atoms with van der Waals surface area (Å²) >= 11 is 3.53. The van der Waals surface area contributed by atoms with Crippen LogP contribution in [0.4, 0.5) is 0 Å². The predicted molar refractivity (Wildman–Crippen MR) is 76.2 cm³/mol. The molecule has 0 bridgehead atoms. The minimum atomic E-state index is 0.234. The number of rotatable bonds is 7. The molecule has 0 saturated heterocycles. The van der Waals surface area contributed by atoms with Gasteiger partial charge in [0.05, 0.1) is 4.58 Å². The Hall–Kier alpha value is -0.800. The summed E-state index contributed by atoms with van der Waals surface area (Å²) in [5, 5.41) is 9.80. The maximum atomic E-state index is 9.80. The van der Waals surface area contributed by atoms with E-state index in [1.807, 2.05) is 30.4 Å². The number of phenols is 1. The van der Waals surface area contributed by atoms with E-state index in [1.54, 1.807) is 29.6 Å². The molecule has 0 aliphatic rings. The Bertz CT molecular complexity index is 338. The molecule has 0 saturated carbocycles. The summed E-state index contributed by atoms with van der Waals surface area (Å²) < 4.78 is 0.234. The minimum Gasteiger partial charge on any atom is -0.508 e. The van der Waals surface area contributed by atoms with Crippen molar-refractivity contribution < 1.29 is 5.11 Å². The Labute approximate surface area is 106 Å². The fourth-order valence-corrected chi connectivity index (χ4v) is 3.46. The first kappa shape index (κ1) is 13.3.